The van der Waals surface area contributed by atoms with Crippen molar-refractivity contribution in [2.24, 2.45) is 5.10 Å². The number of nitrogens with one attached hydrogen (secondary N) is 1. The van der Waals surface area contributed by atoms with Crippen molar-refractivity contribution in [1.29, 1.82) is 0 Å². The predicted molar refractivity (Wildman–Crippen MR) is 115 cm³/mol. The zero-order valence-electron chi connectivity index (χ0n) is 16.4. The van der Waals surface area contributed by atoms with E-state index in [1.54, 1.807) is 36.5 Å². The van der Waals surface area contributed by atoms with Crippen LogP contribution in [0.2, 0.25) is 0 Å². The number of para-hydroxylation sites is 1. The lowest BCUT2D eigenvalue weighted by Crippen LogP contribution is -2.18. The molecule has 1 N–H and O–H groups in total. The number of hydrogen-bond donors (Lipinski definition) is 1. The number of ether oxygens (including phenoxy) is 1. The fourth-order valence-electron chi connectivity index (χ4n) is 3.33. The zero-order chi connectivity index (χ0) is 20.9. The molecule has 3 aromatic carbocycles. The highest BCUT2D eigenvalue weighted by Crippen LogP contribution is 2.19. The van der Waals surface area contributed by atoms with Crippen LogP contribution in [0.3, 0.4) is 0 Å². The molecule has 0 fully saturated rings. The Morgan fingerprint density at radius 3 is 2.80 bits per heavy atom. The lowest BCUT2D eigenvalue weighted by molar-refractivity contribution is 0.0952. The Bertz CT molecular complexity index is 1230. The van der Waals surface area contributed by atoms with Crippen molar-refractivity contribution in [2.75, 3.05) is 7.11 Å². The van der Waals surface area contributed by atoms with E-state index in [1.165, 1.54) is 19.2 Å². The number of hydrogen-bond acceptors (Lipinski definition) is 3. The number of fused-ring (bicyclic) bond motifs is 1. The van der Waals surface area contributed by atoms with Gasteiger partial charge in [-0.25, -0.2) is 9.82 Å². The molecule has 0 aliphatic rings. The second-order valence-electron chi connectivity index (χ2n) is 6.79. The Balaban J connectivity index is 1.47. The summed E-state index contributed by atoms with van der Waals surface area (Å²) in [5.74, 6) is -0.0880. The van der Waals surface area contributed by atoms with Gasteiger partial charge in [0.2, 0.25) is 0 Å². The van der Waals surface area contributed by atoms with Gasteiger partial charge in [0.15, 0.2) is 0 Å². The van der Waals surface area contributed by atoms with Crippen molar-refractivity contribution in [2.45, 2.75) is 6.54 Å². The van der Waals surface area contributed by atoms with Crippen LogP contribution in [0.1, 0.15) is 21.5 Å². The highest BCUT2D eigenvalue weighted by Gasteiger charge is 2.10. The molecule has 0 saturated heterocycles. The zero-order valence-corrected chi connectivity index (χ0v) is 16.4. The van der Waals surface area contributed by atoms with Crippen molar-refractivity contribution in [3.8, 4) is 5.75 Å². The molecule has 0 aliphatic carbocycles. The summed E-state index contributed by atoms with van der Waals surface area (Å²) in [6.07, 6.45) is 3.57. The topological polar surface area (TPSA) is 55.6 Å². The van der Waals surface area contributed by atoms with E-state index in [9.17, 15) is 9.18 Å². The Morgan fingerprint density at radius 1 is 1.10 bits per heavy atom. The van der Waals surface area contributed by atoms with Crippen LogP contribution in [0.25, 0.3) is 10.9 Å². The number of carbonyl (C=O) groups excluding carboxylic acids is 1. The highest BCUT2D eigenvalue weighted by molar-refractivity contribution is 5.97. The summed E-state index contributed by atoms with van der Waals surface area (Å²) in [5.41, 5.74) is 5.73. The maximum absolute atomic E-state index is 13.4. The molecule has 1 amide bonds. The lowest BCUT2D eigenvalue weighted by Gasteiger charge is -2.07. The van der Waals surface area contributed by atoms with Crippen molar-refractivity contribution in [3.63, 3.8) is 0 Å². The first-order chi connectivity index (χ1) is 14.6. The van der Waals surface area contributed by atoms with E-state index in [1.807, 2.05) is 36.5 Å². The van der Waals surface area contributed by atoms with Crippen molar-refractivity contribution in [1.82, 2.24) is 9.99 Å². The molecule has 0 unspecified atom stereocenters. The summed E-state index contributed by atoms with van der Waals surface area (Å²) in [5, 5.41) is 5.09. The number of benzene rings is 3. The molecule has 0 aliphatic heterocycles. The quantitative estimate of drug-likeness (QED) is 0.379. The number of halogens is 1. The van der Waals surface area contributed by atoms with E-state index in [2.05, 4.69) is 15.1 Å². The van der Waals surface area contributed by atoms with Gasteiger partial charge in [-0.1, -0.05) is 30.3 Å². The third kappa shape index (κ3) is 4.22. The molecule has 1 heterocycles. The first-order valence-corrected chi connectivity index (χ1v) is 9.44. The summed E-state index contributed by atoms with van der Waals surface area (Å²) in [6, 6.07) is 21.4. The number of carbonyl (C=O) groups is 1. The molecule has 4 rings (SSSR count). The van der Waals surface area contributed by atoms with Crippen LogP contribution in [-0.2, 0) is 6.54 Å². The van der Waals surface area contributed by atoms with E-state index in [-0.39, 0.29) is 11.7 Å². The van der Waals surface area contributed by atoms with Crippen LogP contribution < -0.4 is 10.2 Å². The number of methoxy groups -OCH3 is 1. The largest absolute Gasteiger partial charge is 0.496 e. The van der Waals surface area contributed by atoms with Crippen LogP contribution in [0, 0.1) is 5.82 Å². The smallest absolute Gasteiger partial charge is 0.275 e. The molecule has 4 aromatic rings. The van der Waals surface area contributed by atoms with Gasteiger partial charge in [0.05, 0.1) is 18.9 Å². The SMILES string of the molecule is COc1ccccc1C(=O)N/N=C\c1ccc2c(ccn2Cc2cccc(F)c2)c1. The van der Waals surface area contributed by atoms with Gasteiger partial charge in [-0.3, -0.25) is 4.79 Å². The van der Waals surface area contributed by atoms with Gasteiger partial charge in [0.1, 0.15) is 11.6 Å². The lowest BCUT2D eigenvalue weighted by atomic mass is 10.1. The highest BCUT2D eigenvalue weighted by atomic mass is 19.1. The molecular formula is C24H20FN3O2. The average Bonchev–Trinajstić information content (AvgIpc) is 3.15. The minimum absolute atomic E-state index is 0.238. The summed E-state index contributed by atoms with van der Waals surface area (Å²) >= 11 is 0. The van der Waals surface area contributed by atoms with Crippen molar-refractivity contribution >= 4 is 23.0 Å². The van der Waals surface area contributed by atoms with E-state index < -0.39 is 0 Å². The number of nitrogens with zero attached hydrogens (tertiary/aromatic N) is 2. The van der Waals surface area contributed by atoms with Gasteiger partial charge in [0, 0.05) is 23.6 Å². The second kappa shape index (κ2) is 8.61. The molecule has 5 nitrogen and oxygen atoms in total. The van der Waals surface area contributed by atoms with Crippen LogP contribution >= 0.6 is 0 Å². The van der Waals surface area contributed by atoms with Gasteiger partial charge in [-0.2, -0.15) is 5.10 Å². The third-order valence-electron chi connectivity index (χ3n) is 4.77. The molecule has 1 aromatic heterocycles. The molecule has 0 spiro atoms. The van der Waals surface area contributed by atoms with Crippen LogP contribution in [0.15, 0.2) is 84.1 Å². The summed E-state index contributed by atoms with van der Waals surface area (Å²) in [6.45, 7) is 0.587. The monoisotopic (exact) mass is 401 g/mol. The number of amides is 1. The van der Waals surface area contributed by atoms with Gasteiger partial charge in [-0.05, 0) is 53.6 Å². The Kier molecular flexibility index (Phi) is 5.57. The molecule has 0 radical (unpaired) electrons. The van der Waals surface area contributed by atoms with E-state index in [0.29, 0.717) is 17.9 Å². The van der Waals surface area contributed by atoms with Crippen LogP contribution in [-0.4, -0.2) is 23.8 Å². The fourth-order valence-corrected chi connectivity index (χ4v) is 3.33. The Labute approximate surface area is 173 Å². The Morgan fingerprint density at radius 2 is 1.97 bits per heavy atom. The first kappa shape index (κ1) is 19.4. The van der Waals surface area contributed by atoms with Gasteiger partial charge in [-0.15, -0.1) is 0 Å². The number of rotatable bonds is 6. The van der Waals surface area contributed by atoms with Crippen molar-refractivity contribution in [3.05, 3.63) is 102 Å². The molecular weight excluding hydrogens is 381 g/mol. The second-order valence-corrected chi connectivity index (χ2v) is 6.79. The molecule has 6 heteroatoms. The fraction of sp³-hybridized carbons (Fsp3) is 0.0833. The Hall–Kier alpha value is -3.93. The summed E-state index contributed by atoms with van der Waals surface area (Å²) in [4.78, 5) is 12.3. The number of aromatic nitrogens is 1. The first-order valence-electron chi connectivity index (χ1n) is 9.44. The maximum Gasteiger partial charge on any atom is 0.275 e. The summed E-state index contributed by atoms with van der Waals surface area (Å²) < 4.78 is 20.7. The van der Waals surface area contributed by atoms with E-state index >= 15 is 0 Å². The minimum Gasteiger partial charge on any atom is -0.496 e. The molecule has 150 valence electrons. The van der Waals surface area contributed by atoms with Gasteiger partial charge < -0.3 is 9.30 Å². The average molecular weight is 401 g/mol. The standard InChI is InChI=1S/C24H20FN3O2/c1-30-23-8-3-2-7-21(23)24(29)27-26-15-17-9-10-22-19(13-17)11-12-28(22)16-18-5-4-6-20(25)14-18/h2-15H,16H2,1H3,(H,27,29)/b26-15-. The minimum atomic E-state index is -0.342. The van der Waals surface area contributed by atoms with E-state index in [4.69, 9.17) is 4.74 Å². The maximum atomic E-state index is 13.4. The molecule has 30 heavy (non-hydrogen) atoms. The normalized spacial score (nSPS) is 11.1. The molecule has 0 saturated carbocycles. The summed E-state index contributed by atoms with van der Waals surface area (Å²) in [7, 11) is 1.52. The van der Waals surface area contributed by atoms with Gasteiger partial charge in [0.25, 0.3) is 5.91 Å². The predicted octanol–water partition coefficient (Wildman–Crippen LogP) is 4.60. The molecule has 0 atom stereocenters. The third-order valence-corrected chi connectivity index (χ3v) is 4.77. The number of hydrazone groups is 1. The molecule has 0 bridgehead atoms. The van der Waals surface area contributed by atoms with Gasteiger partial charge >= 0.3 is 0 Å². The van der Waals surface area contributed by atoms with E-state index in [0.717, 1.165) is 22.0 Å². The van der Waals surface area contributed by atoms with Crippen LogP contribution in [0.5, 0.6) is 5.75 Å². The van der Waals surface area contributed by atoms with Crippen molar-refractivity contribution < 1.29 is 13.9 Å². The van der Waals surface area contributed by atoms with Crippen LogP contribution in [0.4, 0.5) is 4.39 Å².